The minimum Gasteiger partial charge on any atom is -0.383 e. The van der Waals surface area contributed by atoms with Crippen molar-refractivity contribution in [2.24, 2.45) is 10.9 Å². The fourth-order valence-electron chi connectivity index (χ4n) is 2.46. The number of ether oxygens (including phenoxy) is 1. The van der Waals surface area contributed by atoms with E-state index in [1.807, 2.05) is 0 Å². The van der Waals surface area contributed by atoms with Crippen LogP contribution in [0.25, 0.3) is 0 Å². The molecule has 0 aromatic heterocycles. The summed E-state index contributed by atoms with van der Waals surface area (Å²) in [5, 5.41) is 6.80. The van der Waals surface area contributed by atoms with E-state index in [4.69, 9.17) is 4.74 Å². The van der Waals surface area contributed by atoms with Gasteiger partial charge in [0, 0.05) is 39.3 Å². The maximum atomic E-state index is 5.18. The van der Waals surface area contributed by atoms with Gasteiger partial charge >= 0.3 is 0 Å². The SMILES string of the molecule is CCNC(=NCC(C)C)NCC1CCCN1CCOC.I. The van der Waals surface area contributed by atoms with Gasteiger partial charge in [0.1, 0.15) is 0 Å². The van der Waals surface area contributed by atoms with Gasteiger partial charge in [0.25, 0.3) is 0 Å². The second-order valence-corrected chi connectivity index (χ2v) is 5.82. The number of hydrogen-bond acceptors (Lipinski definition) is 3. The largest absolute Gasteiger partial charge is 0.383 e. The summed E-state index contributed by atoms with van der Waals surface area (Å²) in [4.78, 5) is 7.13. The summed E-state index contributed by atoms with van der Waals surface area (Å²) in [6, 6.07) is 0.605. The van der Waals surface area contributed by atoms with Crippen LogP contribution in [0.3, 0.4) is 0 Å². The van der Waals surface area contributed by atoms with E-state index in [1.54, 1.807) is 7.11 Å². The third-order valence-corrected chi connectivity index (χ3v) is 3.55. The molecule has 21 heavy (non-hydrogen) atoms. The van der Waals surface area contributed by atoms with Gasteiger partial charge < -0.3 is 15.4 Å². The molecule has 1 aliphatic heterocycles. The van der Waals surface area contributed by atoms with Crippen LogP contribution in [0.1, 0.15) is 33.6 Å². The van der Waals surface area contributed by atoms with E-state index < -0.39 is 0 Å². The molecule has 0 bridgehead atoms. The topological polar surface area (TPSA) is 48.9 Å². The standard InChI is InChI=1S/C15H32N4O.HI/c1-5-16-15(17-11-13(2)3)18-12-14-7-6-8-19(14)9-10-20-4;/h13-14H,5-12H2,1-4H3,(H2,16,17,18);1H. The number of aliphatic imine (C=N–C) groups is 1. The van der Waals surface area contributed by atoms with Crippen molar-refractivity contribution in [2.45, 2.75) is 39.7 Å². The first-order valence-electron chi connectivity index (χ1n) is 7.92. The van der Waals surface area contributed by atoms with E-state index in [0.29, 0.717) is 12.0 Å². The molecule has 1 saturated heterocycles. The van der Waals surface area contributed by atoms with E-state index >= 15 is 0 Å². The van der Waals surface area contributed by atoms with Crippen LogP contribution in [0.15, 0.2) is 4.99 Å². The maximum Gasteiger partial charge on any atom is 0.191 e. The lowest BCUT2D eigenvalue weighted by Crippen LogP contribution is -2.45. The third kappa shape index (κ3) is 8.83. The van der Waals surface area contributed by atoms with Gasteiger partial charge in [0.05, 0.1) is 6.61 Å². The van der Waals surface area contributed by atoms with Crippen LogP contribution < -0.4 is 10.6 Å². The van der Waals surface area contributed by atoms with Crippen LogP contribution in [-0.2, 0) is 4.74 Å². The average molecular weight is 412 g/mol. The summed E-state index contributed by atoms with van der Waals surface area (Å²) in [6.45, 7) is 12.3. The fourth-order valence-corrected chi connectivity index (χ4v) is 2.46. The number of guanidine groups is 1. The molecule has 0 aromatic rings. The first kappa shape index (κ1) is 20.9. The van der Waals surface area contributed by atoms with Crippen LogP contribution in [0.5, 0.6) is 0 Å². The molecule has 1 unspecified atom stereocenters. The normalized spacial score (nSPS) is 19.7. The van der Waals surface area contributed by atoms with E-state index in [9.17, 15) is 0 Å². The Bertz CT molecular complexity index is 287. The highest BCUT2D eigenvalue weighted by Gasteiger charge is 2.23. The van der Waals surface area contributed by atoms with Gasteiger partial charge in [-0.2, -0.15) is 0 Å². The van der Waals surface area contributed by atoms with Crippen LogP contribution in [0.2, 0.25) is 0 Å². The molecule has 1 heterocycles. The number of rotatable bonds is 8. The molecular formula is C15H33IN4O. The molecule has 0 amide bonds. The van der Waals surface area contributed by atoms with Crippen molar-refractivity contribution >= 4 is 29.9 Å². The van der Waals surface area contributed by atoms with Gasteiger partial charge in [-0.05, 0) is 32.2 Å². The molecule has 6 heteroatoms. The van der Waals surface area contributed by atoms with Crippen molar-refractivity contribution < 1.29 is 4.74 Å². The zero-order valence-electron chi connectivity index (χ0n) is 14.0. The van der Waals surface area contributed by atoms with Crippen LogP contribution in [0.4, 0.5) is 0 Å². The first-order valence-corrected chi connectivity index (χ1v) is 7.92. The molecule has 0 aromatic carbocycles. The zero-order chi connectivity index (χ0) is 14.8. The molecule has 126 valence electrons. The maximum absolute atomic E-state index is 5.18. The van der Waals surface area contributed by atoms with E-state index in [0.717, 1.165) is 38.7 Å². The highest BCUT2D eigenvalue weighted by molar-refractivity contribution is 14.0. The Kier molecular flexibility index (Phi) is 12.4. The van der Waals surface area contributed by atoms with E-state index in [1.165, 1.54) is 19.4 Å². The van der Waals surface area contributed by atoms with Crippen molar-refractivity contribution in [3.63, 3.8) is 0 Å². The summed E-state index contributed by atoms with van der Waals surface area (Å²) in [7, 11) is 1.77. The molecule has 0 spiro atoms. The Balaban J connectivity index is 0.00000400. The Morgan fingerprint density at radius 1 is 1.38 bits per heavy atom. The van der Waals surface area contributed by atoms with Crippen molar-refractivity contribution in [1.82, 2.24) is 15.5 Å². The highest BCUT2D eigenvalue weighted by atomic mass is 127. The van der Waals surface area contributed by atoms with Gasteiger partial charge in [-0.15, -0.1) is 24.0 Å². The lowest BCUT2D eigenvalue weighted by molar-refractivity contribution is 0.141. The Labute approximate surface area is 147 Å². The second-order valence-electron chi connectivity index (χ2n) is 5.82. The molecular weight excluding hydrogens is 379 g/mol. The molecule has 1 rings (SSSR count). The van der Waals surface area contributed by atoms with Crippen molar-refractivity contribution in [1.29, 1.82) is 0 Å². The third-order valence-electron chi connectivity index (χ3n) is 3.55. The Morgan fingerprint density at radius 2 is 2.14 bits per heavy atom. The highest BCUT2D eigenvalue weighted by Crippen LogP contribution is 2.15. The number of hydrogen-bond donors (Lipinski definition) is 2. The van der Waals surface area contributed by atoms with Crippen molar-refractivity contribution in [3.8, 4) is 0 Å². The lowest BCUT2D eigenvalue weighted by atomic mass is 10.2. The van der Waals surface area contributed by atoms with E-state index in [-0.39, 0.29) is 24.0 Å². The molecule has 5 nitrogen and oxygen atoms in total. The molecule has 1 aliphatic rings. The van der Waals surface area contributed by atoms with Gasteiger partial charge in [-0.25, -0.2) is 0 Å². The molecule has 0 aliphatic carbocycles. The average Bonchev–Trinajstić information content (AvgIpc) is 2.87. The zero-order valence-corrected chi connectivity index (χ0v) is 16.4. The Morgan fingerprint density at radius 3 is 2.76 bits per heavy atom. The molecule has 2 N–H and O–H groups in total. The summed E-state index contributed by atoms with van der Waals surface area (Å²) in [6.07, 6.45) is 2.55. The summed E-state index contributed by atoms with van der Waals surface area (Å²) < 4.78 is 5.18. The lowest BCUT2D eigenvalue weighted by Gasteiger charge is -2.25. The minimum atomic E-state index is 0. The van der Waals surface area contributed by atoms with E-state index in [2.05, 4.69) is 41.3 Å². The number of likely N-dealkylation sites (tertiary alicyclic amines) is 1. The monoisotopic (exact) mass is 412 g/mol. The predicted octanol–water partition coefficient (Wildman–Crippen LogP) is 1.93. The van der Waals surface area contributed by atoms with Crippen LogP contribution in [0, 0.1) is 5.92 Å². The molecule has 0 saturated carbocycles. The summed E-state index contributed by atoms with van der Waals surface area (Å²) in [5.41, 5.74) is 0. The summed E-state index contributed by atoms with van der Waals surface area (Å²) in [5.74, 6) is 1.54. The first-order chi connectivity index (χ1) is 9.67. The second kappa shape index (κ2) is 12.5. The minimum absolute atomic E-state index is 0. The molecule has 0 radical (unpaired) electrons. The number of nitrogens with zero attached hydrogens (tertiary/aromatic N) is 2. The smallest absolute Gasteiger partial charge is 0.191 e. The number of methoxy groups -OCH3 is 1. The summed E-state index contributed by atoms with van der Waals surface area (Å²) >= 11 is 0. The van der Waals surface area contributed by atoms with Gasteiger partial charge in [-0.1, -0.05) is 13.8 Å². The fraction of sp³-hybridized carbons (Fsp3) is 0.933. The van der Waals surface area contributed by atoms with Gasteiger partial charge in [-0.3, -0.25) is 9.89 Å². The number of nitrogens with one attached hydrogen (secondary N) is 2. The molecule has 1 atom stereocenters. The predicted molar refractivity (Wildman–Crippen MR) is 101 cm³/mol. The van der Waals surface area contributed by atoms with Gasteiger partial charge in [0.2, 0.25) is 0 Å². The van der Waals surface area contributed by atoms with Crippen LogP contribution >= 0.6 is 24.0 Å². The quantitative estimate of drug-likeness (QED) is 0.364. The Hall–Kier alpha value is -0.0800. The van der Waals surface area contributed by atoms with Crippen molar-refractivity contribution in [3.05, 3.63) is 0 Å². The molecule has 1 fully saturated rings. The van der Waals surface area contributed by atoms with Crippen LogP contribution in [-0.4, -0.2) is 63.3 Å². The van der Waals surface area contributed by atoms with Gasteiger partial charge in [0.15, 0.2) is 5.96 Å². The number of halogens is 1. The van der Waals surface area contributed by atoms with Crippen molar-refractivity contribution in [2.75, 3.05) is 46.4 Å².